The van der Waals surface area contributed by atoms with Crippen molar-refractivity contribution in [3.8, 4) is 0 Å². The van der Waals surface area contributed by atoms with E-state index in [0.717, 1.165) is 12.8 Å². The summed E-state index contributed by atoms with van der Waals surface area (Å²) >= 11 is 0. The van der Waals surface area contributed by atoms with Crippen LogP contribution >= 0.6 is 0 Å². The average Bonchev–Trinajstić information content (AvgIpc) is 2.90. The molecule has 1 saturated heterocycles. The molecule has 2 heterocycles. The highest BCUT2D eigenvalue weighted by atomic mass is 16.2. The minimum Gasteiger partial charge on any atom is -0.333 e. The van der Waals surface area contributed by atoms with Crippen molar-refractivity contribution >= 4 is 5.91 Å². The van der Waals surface area contributed by atoms with E-state index in [1.807, 2.05) is 35.3 Å². The van der Waals surface area contributed by atoms with Gasteiger partial charge in [-0.05, 0) is 18.4 Å². The van der Waals surface area contributed by atoms with E-state index in [1.54, 1.807) is 0 Å². The Bertz CT molecular complexity index is 537. The fraction of sp³-hybridized carbons (Fsp3) is 0.353. The van der Waals surface area contributed by atoms with Gasteiger partial charge in [0.25, 0.3) is 0 Å². The summed E-state index contributed by atoms with van der Waals surface area (Å²) < 4.78 is 0. The number of nitrogens with one attached hydrogen (secondary N) is 1. The van der Waals surface area contributed by atoms with Gasteiger partial charge in [-0.25, -0.2) is 0 Å². The van der Waals surface area contributed by atoms with E-state index in [-0.39, 0.29) is 11.9 Å². The van der Waals surface area contributed by atoms with E-state index in [2.05, 4.69) is 30.1 Å². The molecule has 1 spiro atoms. The van der Waals surface area contributed by atoms with Gasteiger partial charge in [-0.3, -0.25) is 10.1 Å². The van der Waals surface area contributed by atoms with Gasteiger partial charge < -0.3 is 4.90 Å². The Balaban J connectivity index is 1.77. The van der Waals surface area contributed by atoms with E-state index in [4.69, 9.17) is 0 Å². The molecule has 0 aromatic heterocycles. The SMILES string of the molecule is C=C[C@H]1CC[C@@]2(C=CCN(Cc3ccccc3)C2=O)N1. The third-order valence-electron chi connectivity index (χ3n) is 4.19. The normalized spacial score (nSPS) is 29.1. The summed E-state index contributed by atoms with van der Waals surface area (Å²) in [6, 6.07) is 10.4. The van der Waals surface area contributed by atoms with E-state index < -0.39 is 5.54 Å². The molecule has 0 bridgehead atoms. The molecule has 1 aromatic rings. The van der Waals surface area contributed by atoms with Gasteiger partial charge in [-0.15, -0.1) is 6.58 Å². The van der Waals surface area contributed by atoms with Crippen molar-refractivity contribution in [2.24, 2.45) is 0 Å². The molecule has 2 aliphatic rings. The Hall–Kier alpha value is -1.87. The standard InChI is InChI=1S/C17H20N2O/c1-2-15-9-11-17(18-15)10-6-12-19(16(17)20)13-14-7-4-3-5-8-14/h2-8,10,15,18H,1,9,11-13H2/t15-,17+/m0/s1. The highest BCUT2D eigenvalue weighted by Crippen LogP contribution is 2.30. The summed E-state index contributed by atoms with van der Waals surface area (Å²) in [5.41, 5.74) is 0.663. The van der Waals surface area contributed by atoms with Crippen LogP contribution in [-0.2, 0) is 11.3 Å². The first kappa shape index (κ1) is 13.1. The van der Waals surface area contributed by atoms with Crippen LogP contribution in [-0.4, -0.2) is 28.9 Å². The molecule has 0 radical (unpaired) electrons. The molecule has 0 saturated carbocycles. The van der Waals surface area contributed by atoms with Crippen LogP contribution in [0.2, 0.25) is 0 Å². The summed E-state index contributed by atoms with van der Waals surface area (Å²) in [6.45, 7) is 5.18. The predicted molar refractivity (Wildman–Crippen MR) is 80.1 cm³/mol. The molecule has 1 fully saturated rings. The second-order valence-corrected chi connectivity index (χ2v) is 5.57. The summed E-state index contributed by atoms with van der Waals surface area (Å²) in [5, 5.41) is 3.43. The molecular weight excluding hydrogens is 248 g/mol. The van der Waals surface area contributed by atoms with Gasteiger partial charge in [0.2, 0.25) is 5.91 Å². The van der Waals surface area contributed by atoms with Gasteiger partial charge in [0, 0.05) is 19.1 Å². The van der Waals surface area contributed by atoms with Crippen molar-refractivity contribution in [2.45, 2.75) is 31.0 Å². The number of benzene rings is 1. The molecule has 1 aromatic carbocycles. The fourth-order valence-corrected chi connectivity index (χ4v) is 3.09. The maximum Gasteiger partial charge on any atom is 0.247 e. The summed E-state index contributed by atoms with van der Waals surface area (Å²) in [4.78, 5) is 14.7. The first-order chi connectivity index (χ1) is 9.73. The third-order valence-corrected chi connectivity index (χ3v) is 4.19. The topological polar surface area (TPSA) is 32.3 Å². The first-order valence-electron chi connectivity index (χ1n) is 7.15. The van der Waals surface area contributed by atoms with E-state index in [9.17, 15) is 4.79 Å². The van der Waals surface area contributed by atoms with Crippen LogP contribution in [0, 0.1) is 0 Å². The lowest BCUT2D eigenvalue weighted by atomic mass is 9.92. The molecule has 2 aliphatic heterocycles. The van der Waals surface area contributed by atoms with Crippen molar-refractivity contribution in [2.75, 3.05) is 6.54 Å². The van der Waals surface area contributed by atoms with Gasteiger partial charge in [-0.2, -0.15) is 0 Å². The van der Waals surface area contributed by atoms with E-state index in [1.165, 1.54) is 5.56 Å². The number of amides is 1. The van der Waals surface area contributed by atoms with Gasteiger partial charge in [-0.1, -0.05) is 48.6 Å². The summed E-state index contributed by atoms with van der Waals surface area (Å²) in [6.07, 6.45) is 7.86. The predicted octanol–water partition coefficient (Wildman–Crippen LogP) is 2.26. The zero-order chi connectivity index (χ0) is 14.0. The minimum absolute atomic E-state index is 0.188. The van der Waals surface area contributed by atoms with Crippen molar-refractivity contribution in [3.63, 3.8) is 0 Å². The van der Waals surface area contributed by atoms with Crippen molar-refractivity contribution in [3.05, 3.63) is 60.7 Å². The largest absolute Gasteiger partial charge is 0.333 e. The van der Waals surface area contributed by atoms with Crippen LogP contribution in [0.3, 0.4) is 0 Å². The fourth-order valence-electron chi connectivity index (χ4n) is 3.09. The molecule has 2 atom stereocenters. The van der Waals surface area contributed by atoms with Crippen LogP contribution in [0.15, 0.2) is 55.1 Å². The molecule has 20 heavy (non-hydrogen) atoms. The lowest BCUT2D eigenvalue weighted by Gasteiger charge is -2.36. The highest BCUT2D eigenvalue weighted by Gasteiger charge is 2.45. The van der Waals surface area contributed by atoms with Gasteiger partial charge >= 0.3 is 0 Å². The number of carbonyl (C=O) groups excluding carboxylic acids is 1. The van der Waals surface area contributed by atoms with Gasteiger partial charge in [0.1, 0.15) is 5.54 Å². The van der Waals surface area contributed by atoms with Gasteiger partial charge in [0.05, 0.1) is 0 Å². The number of nitrogens with zero attached hydrogens (tertiary/aromatic N) is 1. The maximum absolute atomic E-state index is 12.8. The van der Waals surface area contributed by atoms with Crippen LogP contribution < -0.4 is 5.32 Å². The quantitative estimate of drug-likeness (QED) is 0.853. The Morgan fingerprint density at radius 3 is 2.90 bits per heavy atom. The third kappa shape index (κ3) is 2.29. The minimum atomic E-state index is -0.508. The molecule has 1 N–H and O–H groups in total. The number of hydrogen-bond acceptors (Lipinski definition) is 2. The van der Waals surface area contributed by atoms with Crippen LogP contribution in [0.25, 0.3) is 0 Å². The smallest absolute Gasteiger partial charge is 0.247 e. The second kappa shape index (κ2) is 5.25. The van der Waals surface area contributed by atoms with E-state index in [0.29, 0.717) is 13.1 Å². The Labute approximate surface area is 120 Å². The second-order valence-electron chi connectivity index (χ2n) is 5.57. The van der Waals surface area contributed by atoms with Crippen LogP contribution in [0.1, 0.15) is 18.4 Å². The average molecular weight is 268 g/mol. The molecule has 0 aliphatic carbocycles. The Morgan fingerprint density at radius 1 is 1.40 bits per heavy atom. The molecule has 104 valence electrons. The van der Waals surface area contributed by atoms with Crippen molar-refractivity contribution in [1.82, 2.24) is 10.2 Å². The van der Waals surface area contributed by atoms with Crippen LogP contribution in [0.5, 0.6) is 0 Å². The summed E-state index contributed by atoms with van der Waals surface area (Å²) in [7, 11) is 0. The van der Waals surface area contributed by atoms with Gasteiger partial charge in [0.15, 0.2) is 0 Å². The first-order valence-corrected chi connectivity index (χ1v) is 7.15. The molecule has 0 unspecified atom stereocenters. The lowest BCUT2D eigenvalue weighted by molar-refractivity contribution is -0.136. The molecular formula is C17H20N2O. The highest BCUT2D eigenvalue weighted by molar-refractivity contribution is 5.90. The summed E-state index contributed by atoms with van der Waals surface area (Å²) in [5.74, 6) is 0.188. The molecule has 3 heteroatoms. The van der Waals surface area contributed by atoms with Crippen LogP contribution in [0.4, 0.5) is 0 Å². The van der Waals surface area contributed by atoms with Crippen molar-refractivity contribution in [1.29, 1.82) is 0 Å². The molecule has 3 rings (SSSR count). The zero-order valence-corrected chi connectivity index (χ0v) is 11.6. The number of hydrogen-bond donors (Lipinski definition) is 1. The Morgan fingerprint density at radius 2 is 2.20 bits per heavy atom. The molecule has 3 nitrogen and oxygen atoms in total. The number of carbonyl (C=O) groups is 1. The van der Waals surface area contributed by atoms with Crippen molar-refractivity contribution < 1.29 is 4.79 Å². The molecule has 1 amide bonds. The maximum atomic E-state index is 12.8. The Kier molecular flexibility index (Phi) is 3.45. The number of rotatable bonds is 3. The lowest BCUT2D eigenvalue weighted by Crippen LogP contribution is -2.56. The zero-order valence-electron chi connectivity index (χ0n) is 11.6. The monoisotopic (exact) mass is 268 g/mol. The van der Waals surface area contributed by atoms with E-state index >= 15 is 0 Å².